The van der Waals surface area contributed by atoms with Gasteiger partial charge in [0.15, 0.2) is 0 Å². The van der Waals surface area contributed by atoms with Crippen molar-refractivity contribution in [1.82, 2.24) is 9.78 Å². The van der Waals surface area contributed by atoms with Gasteiger partial charge < -0.3 is 4.74 Å². The van der Waals surface area contributed by atoms with Crippen molar-refractivity contribution in [3.05, 3.63) is 44.9 Å². The number of aromatic nitrogens is 2. The van der Waals surface area contributed by atoms with Crippen LogP contribution in [0.25, 0.3) is 0 Å². The third kappa shape index (κ3) is 2.31. The van der Waals surface area contributed by atoms with Crippen LogP contribution < -0.4 is 4.74 Å². The van der Waals surface area contributed by atoms with Gasteiger partial charge in [-0.25, -0.2) is 4.39 Å². The predicted molar refractivity (Wildman–Crippen MR) is 72.1 cm³/mol. The molecule has 0 aliphatic carbocycles. The Morgan fingerprint density at radius 2 is 2.22 bits per heavy atom. The molecule has 1 aliphatic rings. The normalized spacial score (nSPS) is 17.6. The average Bonchev–Trinajstić information content (AvgIpc) is 2.82. The Balaban J connectivity index is 1.76. The van der Waals surface area contributed by atoms with E-state index in [9.17, 15) is 4.39 Å². The lowest BCUT2D eigenvalue weighted by Crippen LogP contribution is -2.21. The van der Waals surface area contributed by atoms with Crippen molar-refractivity contribution < 1.29 is 9.13 Å². The van der Waals surface area contributed by atoms with Gasteiger partial charge in [0.2, 0.25) is 0 Å². The maximum atomic E-state index is 13.1. The fraction of sp³-hybridized carbons (Fsp3) is 0.250. The Morgan fingerprint density at radius 1 is 1.39 bits per heavy atom. The van der Waals surface area contributed by atoms with Gasteiger partial charge in [-0.2, -0.15) is 5.10 Å². The van der Waals surface area contributed by atoms with E-state index < -0.39 is 0 Å². The number of hydrogen-bond donors (Lipinski definition) is 0. The van der Waals surface area contributed by atoms with Crippen molar-refractivity contribution >= 4 is 31.9 Å². The van der Waals surface area contributed by atoms with Gasteiger partial charge in [0.05, 0.1) is 6.54 Å². The molecule has 0 fully saturated rings. The van der Waals surface area contributed by atoms with Crippen molar-refractivity contribution in [2.75, 3.05) is 0 Å². The lowest BCUT2D eigenvalue weighted by molar-refractivity contribution is 0.202. The molecule has 3 rings (SSSR count). The Kier molecular flexibility index (Phi) is 3.15. The van der Waals surface area contributed by atoms with Crippen LogP contribution in [-0.4, -0.2) is 15.9 Å². The molecule has 1 aliphatic heterocycles. The van der Waals surface area contributed by atoms with Crippen molar-refractivity contribution in [3.8, 4) is 5.75 Å². The predicted octanol–water partition coefficient (Wildman–Crippen LogP) is 3.55. The van der Waals surface area contributed by atoms with Crippen molar-refractivity contribution in [2.24, 2.45) is 0 Å². The lowest BCUT2D eigenvalue weighted by Gasteiger charge is -2.11. The molecule has 3 nitrogen and oxygen atoms in total. The van der Waals surface area contributed by atoms with Crippen LogP contribution in [0, 0.1) is 5.82 Å². The van der Waals surface area contributed by atoms with E-state index in [0.29, 0.717) is 13.0 Å². The molecule has 94 valence electrons. The van der Waals surface area contributed by atoms with Gasteiger partial charge >= 0.3 is 0 Å². The second-order valence-electron chi connectivity index (χ2n) is 4.17. The standard InChI is InChI=1S/C12H9Br2FN2O/c13-11-5-12(14)17(16-11)6-9-4-7-3-8(15)1-2-10(7)18-9/h1-3,5,9H,4,6H2. The lowest BCUT2D eigenvalue weighted by atomic mass is 10.1. The van der Waals surface area contributed by atoms with E-state index in [2.05, 4.69) is 37.0 Å². The summed E-state index contributed by atoms with van der Waals surface area (Å²) in [5.41, 5.74) is 0.919. The molecule has 1 atom stereocenters. The SMILES string of the molecule is Fc1ccc2c(c1)CC(Cn1nc(Br)cc1Br)O2. The van der Waals surface area contributed by atoms with E-state index in [1.54, 1.807) is 6.07 Å². The molecular formula is C12H9Br2FN2O. The number of fused-ring (bicyclic) bond motifs is 1. The number of rotatable bonds is 2. The van der Waals surface area contributed by atoms with Gasteiger partial charge in [0.25, 0.3) is 0 Å². The highest BCUT2D eigenvalue weighted by Gasteiger charge is 2.24. The van der Waals surface area contributed by atoms with E-state index in [0.717, 1.165) is 20.5 Å². The molecular weight excluding hydrogens is 367 g/mol. The highest BCUT2D eigenvalue weighted by molar-refractivity contribution is 9.11. The van der Waals surface area contributed by atoms with Crippen LogP contribution in [0.15, 0.2) is 33.5 Å². The van der Waals surface area contributed by atoms with E-state index in [1.807, 2.05) is 10.7 Å². The number of nitrogens with zero attached hydrogens (tertiary/aromatic N) is 2. The van der Waals surface area contributed by atoms with Gasteiger partial charge in [-0.05, 0) is 50.1 Å². The molecule has 0 saturated carbocycles. The highest BCUT2D eigenvalue weighted by atomic mass is 79.9. The van der Waals surface area contributed by atoms with E-state index in [4.69, 9.17) is 4.74 Å². The first-order valence-electron chi connectivity index (χ1n) is 5.46. The first-order valence-corrected chi connectivity index (χ1v) is 7.04. The first kappa shape index (κ1) is 12.2. The zero-order chi connectivity index (χ0) is 12.7. The quantitative estimate of drug-likeness (QED) is 0.802. The fourth-order valence-corrected chi connectivity index (χ4v) is 3.23. The molecule has 18 heavy (non-hydrogen) atoms. The van der Waals surface area contributed by atoms with Crippen molar-refractivity contribution in [1.29, 1.82) is 0 Å². The second-order valence-corrected chi connectivity index (χ2v) is 5.79. The zero-order valence-corrected chi connectivity index (χ0v) is 12.4. The van der Waals surface area contributed by atoms with E-state index in [-0.39, 0.29) is 11.9 Å². The summed E-state index contributed by atoms with van der Waals surface area (Å²) >= 11 is 6.74. The minimum atomic E-state index is -0.221. The highest BCUT2D eigenvalue weighted by Crippen LogP contribution is 2.30. The van der Waals surface area contributed by atoms with E-state index in [1.165, 1.54) is 12.1 Å². The number of halogens is 3. The summed E-state index contributed by atoms with van der Waals surface area (Å²) in [7, 11) is 0. The Hall–Kier alpha value is -0.880. The molecule has 0 bridgehead atoms. The number of ether oxygens (including phenoxy) is 1. The summed E-state index contributed by atoms with van der Waals surface area (Å²) < 4.78 is 22.3. The van der Waals surface area contributed by atoms with Gasteiger partial charge in [-0.3, -0.25) is 4.68 Å². The topological polar surface area (TPSA) is 27.1 Å². The molecule has 0 N–H and O–H groups in total. The molecule has 0 amide bonds. The number of hydrogen-bond acceptors (Lipinski definition) is 2. The minimum absolute atomic E-state index is 0.00935. The summed E-state index contributed by atoms with van der Waals surface area (Å²) in [6.07, 6.45) is 0.696. The van der Waals surface area contributed by atoms with Crippen LogP contribution in [0.4, 0.5) is 4.39 Å². The molecule has 1 unspecified atom stereocenters. The van der Waals surface area contributed by atoms with Crippen LogP contribution in [-0.2, 0) is 13.0 Å². The van der Waals surface area contributed by atoms with Crippen LogP contribution in [0.2, 0.25) is 0 Å². The summed E-state index contributed by atoms with van der Waals surface area (Å²) in [5.74, 6) is 0.546. The molecule has 0 spiro atoms. The fourth-order valence-electron chi connectivity index (χ4n) is 2.08. The Bertz CT molecular complexity index is 600. The van der Waals surface area contributed by atoms with Crippen LogP contribution in [0.1, 0.15) is 5.56 Å². The smallest absolute Gasteiger partial charge is 0.129 e. The van der Waals surface area contributed by atoms with Crippen molar-refractivity contribution in [2.45, 2.75) is 19.1 Å². The Morgan fingerprint density at radius 3 is 2.94 bits per heavy atom. The van der Waals surface area contributed by atoms with Gasteiger partial charge in [-0.15, -0.1) is 0 Å². The maximum absolute atomic E-state index is 13.1. The largest absolute Gasteiger partial charge is 0.488 e. The molecule has 2 heterocycles. The first-order chi connectivity index (χ1) is 8.61. The third-order valence-electron chi connectivity index (χ3n) is 2.84. The summed E-state index contributed by atoms with van der Waals surface area (Å²) in [6.45, 7) is 0.627. The number of benzene rings is 1. The summed E-state index contributed by atoms with van der Waals surface area (Å²) in [6, 6.07) is 6.51. The minimum Gasteiger partial charge on any atom is -0.488 e. The zero-order valence-electron chi connectivity index (χ0n) is 9.24. The monoisotopic (exact) mass is 374 g/mol. The maximum Gasteiger partial charge on any atom is 0.129 e. The van der Waals surface area contributed by atoms with Gasteiger partial charge in [0, 0.05) is 18.1 Å². The molecule has 6 heteroatoms. The van der Waals surface area contributed by atoms with Gasteiger partial charge in [-0.1, -0.05) is 0 Å². The van der Waals surface area contributed by atoms with Crippen molar-refractivity contribution in [3.63, 3.8) is 0 Å². The van der Waals surface area contributed by atoms with Crippen LogP contribution in [0.5, 0.6) is 5.75 Å². The molecule has 0 radical (unpaired) electrons. The average molecular weight is 376 g/mol. The second kappa shape index (κ2) is 4.66. The molecule has 1 aromatic heterocycles. The Labute approximate surface area is 120 Å². The summed E-state index contributed by atoms with van der Waals surface area (Å²) in [5, 5.41) is 4.29. The molecule has 0 saturated heterocycles. The molecule has 1 aromatic carbocycles. The van der Waals surface area contributed by atoms with Crippen LogP contribution in [0.3, 0.4) is 0 Å². The van der Waals surface area contributed by atoms with Crippen LogP contribution >= 0.6 is 31.9 Å². The molecule has 2 aromatic rings. The third-order valence-corrected chi connectivity index (χ3v) is 3.87. The van der Waals surface area contributed by atoms with Gasteiger partial charge in [0.1, 0.15) is 26.9 Å². The van der Waals surface area contributed by atoms with E-state index >= 15 is 0 Å². The summed E-state index contributed by atoms with van der Waals surface area (Å²) in [4.78, 5) is 0.